The molecule has 1 N–H and O–H groups in total. The number of nitrogens with one attached hydrogen (secondary N) is 1. The van der Waals surface area contributed by atoms with E-state index in [0.29, 0.717) is 6.04 Å². The Hall–Kier alpha value is -0.900. The fourth-order valence-electron chi connectivity index (χ4n) is 2.38. The monoisotopic (exact) mass is 208 g/mol. The molecule has 0 saturated heterocycles. The van der Waals surface area contributed by atoms with Crippen LogP contribution in [0.1, 0.15) is 32.6 Å². The van der Waals surface area contributed by atoms with Gasteiger partial charge in [0, 0.05) is 12.6 Å². The Morgan fingerprint density at radius 3 is 2.93 bits per heavy atom. The summed E-state index contributed by atoms with van der Waals surface area (Å²) in [6.07, 6.45) is 8.98. The molecule has 84 valence electrons. The van der Waals surface area contributed by atoms with E-state index in [1.165, 1.54) is 25.7 Å². The Morgan fingerprint density at radius 1 is 1.47 bits per heavy atom. The molecule has 0 radical (unpaired) electrons. The summed E-state index contributed by atoms with van der Waals surface area (Å²) in [5, 5.41) is 7.65. The van der Waals surface area contributed by atoms with Crippen molar-refractivity contribution in [3.8, 4) is 0 Å². The first-order chi connectivity index (χ1) is 7.36. The highest BCUT2D eigenvalue weighted by Crippen LogP contribution is 2.27. The number of hydrogen-bond acceptors (Lipinski definition) is 3. The van der Waals surface area contributed by atoms with Crippen LogP contribution in [-0.4, -0.2) is 27.4 Å². The summed E-state index contributed by atoms with van der Waals surface area (Å²) in [5.41, 5.74) is 0. The first-order valence-corrected chi connectivity index (χ1v) is 5.92. The second-order valence-electron chi connectivity index (χ2n) is 4.45. The molecule has 4 nitrogen and oxygen atoms in total. The molecule has 1 aliphatic carbocycles. The molecule has 0 amide bonds. The van der Waals surface area contributed by atoms with E-state index in [4.69, 9.17) is 0 Å². The SMILES string of the molecule is CC(NCCn1cncn1)C1CCCC1. The fraction of sp³-hybridized carbons (Fsp3) is 0.818. The first-order valence-electron chi connectivity index (χ1n) is 5.92. The Balaban J connectivity index is 1.64. The van der Waals surface area contributed by atoms with Crippen molar-refractivity contribution in [3.05, 3.63) is 12.7 Å². The van der Waals surface area contributed by atoms with Crippen molar-refractivity contribution in [2.75, 3.05) is 6.54 Å². The van der Waals surface area contributed by atoms with E-state index in [2.05, 4.69) is 22.3 Å². The van der Waals surface area contributed by atoms with Gasteiger partial charge in [-0.15, -0.1) is 0 Å². The lowest BCUT2D eigenvalue weighted by Crippen LogP contribution is -2.34. The van der Waals surface area contributed by atoms with Gasteiger partial charge in [-0.2, -0.15) is 5.10 Å². The standard InChI is InChI=1S/C11H20N4/c1-10(11-4-2-3-5-11)13-6-7-15-9-12-8-14-15/h8-11,13H,2-7H2,1H3. The van der Waals surface area contributed by atoms with Crippen LogP contribution >= 0.6 is 0 Å². The topological polar surface area (TPSA) is 42.7 Å². The van der Waals surface area contributed by atoms with Gasteiger partial charge in [0.05, 0.1) is 6.54 Å². The summed E-state index contributed by atoms with van der Waals surface area (Å²) in [6, 6.07) is 0.649. The molecule has 1 saturated carbocycles. The van der Waals surface area contributed by atoms with Crippen LogP contribution in [0.25, 0.3) is 0 Å². The molecule has 1 aliphatic rings. The highest BCUT2D eigenvalue weighted by atomic mass is 15.3. The Kier molecular flexibility index (Phi) is 3.72. The third-order valence-corrected chi connectivity index (χ3v) is 3.38. The maximum Gasteiger partial charge on any atom is 0.137 e. The van der Waals surface area contributed by atoms with E-state index in [-0.39, 0.29) is 0 Å². The third kappa shape index (κ3) is 3.02. The quantitative estimate of drug-likeness (QED) is 0.796. The largest absolute Gasteiger partial charge is 0.312 e. The zero-order valence-corrected chi connectivity index (χ0v) is 9.39. The fourth-order valence-corrected chi connectivity index (χ4v) is 2.38. The summed E-state index contributed by atoms with van der Waals surface area (Å²) in [7, 11) is 0. The summed E-state index contributed by atoms with van der Waals surface area (Å²) in [4.78, 5) is 3.92. The molecular formula is C11H20N4. The molecule has 1 atom stereocenters. The highest BCUT2D eigenvalue weighted by Gasteiger charge is 2.20. The van der Waals surface area contributed by atoms with Crippen LogP contribution in [0.5, 0.6) is 0 Å². The second-order valence-corrected chi connectivity index (χ2v) is 4.45. The normalized spacial score (nSPS) is 19.5. The predicted molar refractivity (Wildman–Crippen MR) is 59.4 cm³/mol. The molecular weight excluding hydrogens is 188 g/mol. The minimum atomic E-state index is 0.649. The molecule has 0 aliphatic heterocycles. The number of rotatable bonds is 5. The zero-order valence-electron chi connectivity index (χ0n) is 9.39. The van der Waals surface area contributed by atoms with Crippen molar-refractivity contribution in [3.63, 3.8) is 0 Å². The lowest BCUT2D eigenvalue weighted by atomic mass is 10.00. The zero-order chi connectivity index (χ0) is 10.5. The van der Waals surface area contributed by atoms with Crippen LogP contribution in [0.3, 0.4) is 0 Å². The molecule has 1 unspecified atom stereocenters. The lowest BCUT2D eigenvalue weighted by Gasteiger charge is -2.20. The number of hydrogen-bond donors (Lipinski definition) is 1. The molecule has 1 heterocycles. The van der Waals surface area contributed by atoms with E-state index in [1.807, 2.05) is 4.68 Å². The summed E-state index contributed by atoms with van der Waals surface area (Å²) >= 11 is 0. The van der Waals surface area contributed by atoms with Crippen LogP contribution in [0, 0.1) is 5.92 Å². The van der Waals surface area contributed by atoms with Gasteiger partial charge in [0.15, 0.2) is 0 Å². The van der Waals surface area contributed by atoms with Crippen LogP contribution < -0.4 is 5.32 Å². The predicted octanol–water partition coefficient (Wildman–Crippen LogP) is 1.45. The van der Waals surface area contributed by atoms with Crippen molar-refractivity contribution in [1.82, 2.24) is 20.1 Å². The Morgan fingerprint density at radius 2 is 2.27 bits per heavy atom. The van der Waals surface area contributed by atoms with Gasteiger partial charge in [-0.1, -0.05) is 12.8 Å². The average Bonchev–Trinajstić information content (AvgIpc) is 2.90. The van der Waals surface area contributed by atoms with E-state index in [1.54, 1.807) is 12.7 Å². The van der Waals surface area contributed by atoms with Gasteiger partial charge in [-0.3, -0.25) is 4.68 Å². The van der Waals surface area contributed by atoms with Crippen molar-refractivity contribution >= 4 is 0 Å². The summed E-state index contributed by atoms with van der Waals surface area (Å²) < 4.78 is 1.87. The molecule has 1 aromatic heterocycles. The molecule has 1 aromatic rings. The van der Waals surface area contributed by atoms with Crippen molar-refractivity contribution in [2.24, 2.45) is 5.92 Å². The molecule has 1 fully saturated rings. The van der Waals surface area contributed by atoms with E-state index in [9.17, 15) is 0 Å². The van der Waals surface area contributed by atoms with Crippen molar-refractivity contribution in [2.45, 2.75) is 45.2 Å². The van der Waals surface area contributed by atoms with Gasteiger partial charge in [0.2, 0.25) is 0 Å². The number of aromatic nitrogens is 3. The van der Waals surface area contributed by atoms with E-state index >= 15 is 0 Å². The minimum absolute atomic E-state index is 0.649. The lowest BCUT2D eigenvalue weighted by molar-refractivity contribution is 0.371. The van der Waals surface area contributed by atoms with Gasteiger partial charge in [0.1, 0.15) is 12.7 Å². The molecule has 0 spiro atoms. The average molecular weight is 208 g/mol. The van der Waals surface area contributed by atoms with Crippen LogP contribution in [-0.2, 0) is 6.54 Å². The summed E-state index contributed by atoms with van der Waals surface area (Å²) in [5.74, 6) is 0.890. The summed E-state index contributed by atoms with van der Waals surface area (Å²) in [6.45, 7) is 4.20. The first kappa shape index (κ1) is 10.6. The van der Waals surface area contributed by atoms with Gasteiger partial charge in [0.25, 0.3) is 0 Å². The smallest absolute Gasteiger partial charge is 0.137 e. The van der Waals surface area contributed by atoms with E-state index in [0.717, 1.165) is 19.0 Å². The van der Waals surface area contributed by atoms with Crippen LogP contribution in [0.2, 0.25) is 0 Å². The maximum absolute atomic E-state index is 4.08. The van der Waals surface area contributed by atoms with Crippen LogP contribution in [0.4, 0.5) is 0 Å². The third-order valence-electron chi connectivity index (χ3n) is 3.38. The van der Waals surface area contributed by atoms with Gasteiger partial charge in [-0.05, 0) is 25.7 Å². The molecule has 0 bridgehead atoms. The van der Waals surface area contributed by atoms with Crippen molar-refractivity contribution < 1.29 is 0 Å². The molecule has 4 heteroatoms. The van der Waals surface area contributed by atoms with Gasteiger partial charge >= 0.3 is 0 Å². The van der Waals surface area contributed by atoms with E-state index < -0.39 is 0 Å². The molecule has 0 aromatic carbocycles. The Labute approximate surface area is 91.1 Å². The molecule has 15 heavy (non-hydrogen) atoms. The van der Waals surface area contributed by atoms with Gasteiger partial charge in [-0.25, -0.2) is 4.98 Å². The maximum atomic E-state index is 4.08. The second kappa shape index (κ2) is 5.26. The molecule has 2 rings (SSSR count). The van der Waals surface area contributed by atoms with Gasteiger partial charge < -0.3 is 5.32 Å². The van der Waals surface area contributed by atoms with Crippen LogP contribution in [0.15, 0.2) is 12.7 Å². The number of nitrogens with zero attached hydrogens (tertiary/aromatic N) is 3. The van der Waals surface area contributed by atoms with Crippen molar-refractivity contribution in [1.29, 1.82) is 0 Å². The highest BCUT2D eigenvalue weighted by molar-refractivity contribution is 4.77. The minimum Gasteiger partial charge on any atom is -0.312 e. The Bertz CT molecular complexity index is 264.